The predicted octanol–water partition coefficient (Wildman–Crippen LogP) is 1.14. The molecule has 3 rings (SSSR count). The number of ether oxygens (including phenoxy) is 1. The summed E-state index contributed by atoms with van der Waals surface area (Å²) < 4.78 is 5.86. The minimum atomic E-state index is -0.0704. The molecule has 2 aliphatic rings. The molecule has 2 amide bonds. The van der Waals surface area contributed by atoms with Gasteiger partial charge in [-0.15, -0.1) is 0 Å². The summed E-state index contributed by atoms with van der Waals surface area (Å²) in [5, 5.41) is 3.08. The molecule has 0 unspecified atom stereocenters. The van der Waals surface area contributed by atoms with Crippen molar-refractivity contribution in [2.45, 2.75) is 31.0 Å². The first kappa shape index (κ1) is 18.6. The summed E-state index contributed by atoms with van der Waals surface area (Å²) >= 11 is 0. The average Bonchev–Trinajstić information content (AvgIpc) is 3.02. The van der Waals surface area contributed by atoms with Gasteiger partial charge in [0.25, 0.3) is 0 Å². The van der Waals surface area contributed by atoms with Gasteiger partial charge >= 0.3 is 0 Å². The largest absolute Gasteiger partial charge is 0.375 e. The van der Waals surface area contributed by atoms with Crippen LogP contribution in [0.15, 0.2) is 36.4 Å². The second-order valence-electron chi connectivity index (χ2n) is 7.24. The lowest BCUT2D eigenvalue weighted by Gasteiger charge is -2.35. The van der Waals surface area contributed by atoms with Crippen LogP contribution in [-0.2, 0) is 14.3 Å². The Morgan fingerprint density at radius 3 is 2.77 bits per heavy atom. The number of morpholine rings is 1. The number of rotatable bonds is 5. The van der Waals surface area contributed by atoms with Gasteiger partial charge in [0, 0.05) is 45.3 Å². The highest BCUT2D eigenvalue weighted by Crippen LogP contribution is 2.24. The first-order chi connectivity index (χ1) is 12.5. The molecule has 1 aromatic carbocycles. The Kier molecular flexibility index (Phi) is 6.06. The van der Waals surface area contributed by atoms with Crippen molar-refractivity contribution in [1.82, 2.24) is 15.1 Å². The topological polar surface area (TPSA) is 61.9 Å². The van der Waals surface area contributed by atoms with E-state index in [4.69, 9.17) is 4.74 Å². The standard InChI is InChI=1S/C20H27N3O3/c1-22(2)20(25)11-18-13-23-12-16(10-17(23)14-26-18)21-19(24)9-8-15-6-4-3-5-7-15/h3-9,16-18H,10-14H2,1-2H3,(H,21,24)/b9-8+/t16-,17+,18+/m1/s1. The van der Waals surface area contributed by atoms with Gasteiger partial charge in [-0.3, -0.25) is 14.5 Å². The maximum Gasteiger partial charge on any atom is 0.244 e. The van der Waals surface area contributed by atoms with Crippen molar-refractivity contribution in [3.8, 4) is 0 Å². The molecule has 1 N–H and O–H groups in total. The van der Waals surface area contributed by atoms with Gasteiger partial charge in [0.15, 0.2) is 0 Å². The molecule has 3 atom stereocenters. The Morgan fingerprint density at radius 1 is 1.27 bits per heavy atom. The Bertz CT molecular complexity index is 660. The second kappa shape index (κ2) is 8.47. The van der Waals surface area contributed by atoms with E-state index >= 15 is 0 Å². The van der Waals surface area contributed by atoms with E-state index < -0.39 is 0 Å². The molecule has 1 aromatic rings. The molecule has 0 saturated carbocycles. The lowest BCUT2D eigenvalue weighted by atomic mass is 10.1. The Balaban J connectivity index is 1.47. The Hall–Kier alpha value is -2.18. The molecule has 2 fully saturated rings. The molecule has 0 radical (unpaired) electrons. The molecule has 0 aliphatic carbocycles. The average molecular weight is 357 g/mol. The first-order valence-electron chi connectivity index (χ1n) is 9.10. The summed E-state index contributed by atoms with van der Waals surface area (Å²) in [6.45, 7) is 2.18. The number of nitrogens with one attached hydrogen (secondary N) is 1. The van der Waals surface area contributed by atoms with Crippen molar-refractivity contribution in [1.29, 1.82) is 0 Å². The van der Waals surface area contributed by atoms with E-state index in [2.05, 4.69) is 10.2 Å². The van der Waals surface area contributed by atoms with Crippen molar-refractivity contribution in [3.63, 3.8) is 0 Å². The SMILES string of the molecule is CN(C)C(=O)C[C@H]1CN2C[C@H](NC(=O)/C=C/c3ccccc3)C[C@H]2CO1. The van der Waals surface area contributed by atoms with E-state index in [1.54, 1.807) is 25.1 Å². The number of hydrogen-bond donors (Lipinski definition) is 1. The predicted molar refractivity (Wildman–Crippen MR) is 100 cm³/mol. The lowest BCUT2D eigenvalue weighted by Crippen LogP contribution is -2.47. The monoisotopic (exact) mass is 357 g/mol. The summed E-state index contributed by atoms with van der Waals surface area (Å²) in [7, 11) is 3.52. The van der Waals surface area contributed by atoms with E-state index in [1.165, 1.54) is 0 Å². The van der Waals surface area contributed by atoms with Gasteiger partial charge in [-0.1, -0.05) is 30.3 Å². The van der Waals surface area contributed by atoms with Crippen LogP contribution in [0.1, 0.15) is 18.4 Å². The van der Waals surface area contributed by atoms with E-state index in [0.29, 0.717) is 19.1 Å². The van der Waals surface area contributed by atoms with E-state index in [1.807, 2.05) is 36.4 Å². The van der Waals surface area contributed by atoms with Gasteiger partial charge in [-0.25, -0.2) is 0 Å². The van der Waals surface area contributed by atoms with Crippen LogP contribution in [0.4, 0.5) is 0 Å². The first-order valence-corrected chi connectivity index (χ1v) is 9.10. The minimum Gasteiger partial charge on any atom is -0.375 e. The number of fused-ring (bicyclic) bond motifs is 1. The third-order valence-electron chi connectivity index (χ3n) is 4.96. The molecule has 6 heteroatoms. The molecular formula is C20H27N3O3. The van der Waals surface area contributed by atoms with Crippen molar-refractivity contribution < 1.29 is 14.3 Å². The van der Waals surface area contributed by atoms with Crippen LogP contribution in [-0.4, -0.2) is 73.6 Å². The van der Waals surface area contributed by atoms with Gasteiger partial charge < -0.3 is 15.0 Å². The highest BCUT2D eigenvalue weighted by molar-refractivity contribution is 5.91. The van der Waals surface area contributed by atoms with Crippen LogP contribution in [0.25, 0.3) is 6.08 Å². The van der Waals surface area contributed by atoms with E-state index in [9.17, 15) is 9.59 Å². The zero-order chi connectivity index (χ0) is 18.5. The fourth-order valence-corrected chi connectivity index (χ4v) is 3.53. The number of benzene rings is 1. The number of hydrogen-bond acceptors (Lipinski definition) is 4. The number of carbonyl (C=O) groups excluding carboxylic acids is 2. The Labute approximate surface area is 154 Å². The molecule has 2 saturated heterocycles. The molecule has 2 heterocycles. The third-order valence-corrected chi connectivity index (χ3v) is 4.96. The summed E-state index contributed by atoms with van der Waals surface area (Å²) in [6.07, 6.45) is 4.64. The van der Waals surface area contributed by atoms with Crippen LogP contribution in [0.2, 0.25) is 0 Å². The molecule has 0 bridgehead atoms. The molecule has 140 valence electrons. The van der Waals surface area contributed by atoms with Gasteiger partial charge in [0.2, 0.25) is 11.8 Å². The van der Waals surface area contributed by atoms with Gasteiger partial charge in [0.05, 0.1) is 19.1 Å². The van der Waals surface area contributed by atoms with E-state index in [0.717, 1.165) is 25.1 Å². The van der Waals surface area contributed by atoms with Crippen molar-refractivity contribution >= 4 is 17.9 Å². The third kappa shape index (κ3) is 4.93. The smallest absolute Gasteiger partial charge is 0.244 e. The molecular weight excluding hydrogens is 330 g/mol. The van der Waals surface area contributed by atoms with Crippen molar-refractivity contribution in [2.24, 2.45) is 0 Å². The lowest BCUT2D eigenvalue weighted by molar-refractivity contribution is -0.134. The summed E-state index contributed by atoms with van der Waals surface area (Å²) in [5.41, 5.74) is 1.01. The molecule has 2 aliphatic heterocycles. The van der Waals surface area contributed by atoms with Crippen LogP contribution in [0.3, 0.4) is 0 Å². The molecule has 6 nitrogen and oxygen atoms in total. The minimum absolute atomic E-state index is 0.0615. The normalized spacial score (nSPS) is 25.8. The van der Waals surface area contributed by atoms with Crippen LogP contribution < -0.4 is 5.32 Å². The zero-order valence-corrected chi connectivity index (χ0v) is 15.4. The summed E-state index contributed by atoms with van der Waals surface area (Å²) in [6, 6.07) is 10.2. The Morgan fingerprint density at radius 2 is 2.04 bits per heavy atom. The van der Waals surface area contributed by atoms with Crippen LogP contribution in [0, 0.1) is 0 Å². The van der Waals surface area contributed by atoms with Gasteiger partial charge in [0.1, 0.15) is 0 Å². The number of amides is 2. The number of carbonyl (C=O) groups is 2. The highest BCUT2D eigenvalue weighted by Gasteiger charge is 2.38. The number of nitrogens with zero attached hydrogens (tertiary/aromatic N) is 2. The maximum absolute atomic E-state index is 12.2. The quantitative estimate of drug-likeness (QED) is 0.803. The fourth-order valence-electron chi connectivity index (χ4n) is 3.53. The highest BCUT2D eigenvalue weighted by atomic mass is 16.5. The summed E-state index contributed by atoms with van der Waals surface area (Å²) in [4.78, 5) is 28.0. The van der Waals surface area contributed by atoms with Gasteiger partial charge in [-0.2, -0.15) is 0 Å². The second-order valence-corrected chi connectivity index (χ2v) is 7.24. The molecule has 0 aromatic heterocycles. The maximum atomic E-state index is 12.2. The van der Waals surface area contributed by atoms with Crippen LogP contribution >= 0.6 is 0 Å². The van der Waals surface area contributed by atoms with Gasteiger partial charge in [-0.05, 0) is 18.1 Å². The van der Waals surface area contributed by atoms with Crippen molar-refractivity contribution in [2.75, 3.05) is 33.8 Å². The summed E-state index contributed by atoms with van der Waals surface area (Å²) in [5.74, 6) is 0.0162. The van der Waals surface area contributed by atoms with Crippen LogP contribution in [0.5, 0.6) is 0 Å². The van der Waals surface area contributed by atoms with E-state index in [-0.39, 0.29) is 24.0 Å². The zero-order valence-electron chi connectivity index (χ0n) is 15.4. The van der Waals surface area contributed by atoms with Crippen molar-refractivity contribution in [3.05, 3.63) is 42.0 Å². The molecule has 0 spiro atoms. The molecule has 26 heavy (non-hydrogen) atoms. The fraction of sp³-hybridized carbons (Fsp3) is 0.500.